The van der Waals surface area contributed by atoms with E-state index in [2.05, 4.69) is 25.8 Å². The zero-order valence-corrected chi connectivity index (χ0v) is 11.8. The van der Waals surface area contributed by atoms with E-state index < -0.39 is 12.1 Å². The molecule has 21 heavy (non-hydrogen) atoms. The van der Waals surface area contributed by atoms with Crippen LogP contribution in [0.4, 0.5) is 5.82 Å². The average molecular weight is 292 g/mol. The third-order valence-corrected chi connectivity index (χ3v) is 4.18. The van der Waals surface area contributed by atoms with Crippen LogP contribution in [0.3, 0.4) is 0 Å². The fraction of sp³-hybridized carbons (Fsp3) is 0.692. The van der Waals surface area contributed by atoms with Gasteiger partial charge in [0.05, 0.1) is 24.9 Å². The van der Waals surface area contributed by atoms with Gasteiger partial charge in [0.1, 0.15) is 0 Å². The van der Waals surface area contributed by atoms with Crippen LogP contribution in [-0.4, -0.2) is 54.0 Å². The predicted octanol–water partition coefficient (Wildman–Crippen LogP) is 0.233. The number of nitrogens with one attached hydrogen (secondary N) is 1. The fourth-order valence-electron chi connectivity index (χ4n) is 3.00. The summed E-state index contributed by atoms with van der Waals surface area (Å²) >= 11 is 0. The molecule has 1 fully saturated rings. The fourth-order valence-corrected chi connectivity index (χ4v) is 3.00. The van der Waals surface area contributed by atoms with Crippen LogP contribution in [0.15, 0.2) is 12.4 Å². The lowest BCUT2D eigenvalue weighted by atomic mass is 9.83. The van der Waals surface area contributed by atoms with Crippen LogP contribution in [0.5, 0.6) is 0 Å². The van der Waals surface area contributed by atoms with Crippen LogP contribution in [0.2, 0.25) is 0 Å². The SMILES string of the molecule is OC[C@H](Nc1nccn2nnnc12)[C@@H](O)C1CCCCC1. The normalized spacial score (nSPS) is 19.5. The van der Waals surface area contributed by atoms with E-state index in [9.17, 15) is 10.2 Å². The molecule has 8 heteroatoms. The molecule has 2 heterocycles. The minimum atomic E-state index is -0.603. The smallest absolute Gasteiger partial charge is 0.221 e. The molecule has 0 radical (unpaired) electrons. The molecule has 0 unspecified atom stereocenters. The average Bonchev–Trinajstić information content (AvgIpc) is 3.02. The number of rotatable bonds is 5. The van der Waals surface area contributed by atoms with E-state index in [0.717, 1.165) is 25.7 Å². The Bertz CT molecular complexity index is 583. The van der Waals surface area contributed by atoms with Crippen molar-refractivity contribution in [3.63, 3.8) is 0 Å². The van der Waals surface area contributed by atoms with E-state index in [1.807, 2.05) is 0 Å². The molecule has 0 aliphatic heterocycles. The minimum Gasteiger partial charge on any atom is -0.394 e. The second-order valence-electron chi connectivity index (χ2n) is 5.54. The third-order valence-electron chi connectivity index (χ3n) is 4.18. The van der Waals surface area contributed by atoms with Crippen molar-refractivity contribution < 1.29 is 10.2 Å². The first kappa shape index (κ1) is 14.2. The summed E-state index contributed by atoms with van der Waals surface area (Å²) in [6.07, 6.45) is 8.14. The number of fused-ring (bicyclic) bond motifs is 1. The van der Waals surface area contributed by atoms with Crippen molar-refractivity contribution in [3.05, 3.63) is 12.4 Å². The first-order valence-corrected chi connectivity index (χ1v) is 7.38. The Balaban J connectivity index is 1.75. The molecule has 2 aromatic rings. The van der Waals surface area contributed by atoms with Gasteiger partial charge in [-0.15, -0.1) is 5.10 Å². The Labute approximate surface area is 122 Å². The summed E-state index contributed by atoms with van der Waals surface area (Å²) in [6, 6.07) is -0.469. The molecule has 114 valence electrons. The molecule has 8 nitrogen and oxygen atoms in total. The topological polar surface area (TPSA) is 108 Å². The van der Waals surface area contributed by atoms with Crippen LogP contribution in [-0.2, 0) is 0 Å². The van der Waals surface area contributed by atoms with Crippen molar-refractivity contribution in [2.24, 2.45) is 5.92 Å². The second-order valence-corrected chi connectivity index (χ2v) is 5.54. The maximum atomic E-state index is 10.5. The molecule has 0 saturated heterocycles. The zero-order valence-electron chi connectivity index (χ0n) is 11.8. The van der Waals surface area contributed by atoms with Gasteiger partial charge in [0.25, 0.3) is 0 Å². The highest BCUT2D eigenvalue weighted by molar-refractivity contribution is 5.61. The molecule has 0 amide bonds. The molecular formula is C13H20N6O2. The summed E-state index contributed by atoms with van der Waals surface area (Å²) in [4.78, 5) is 4.20. The van der Waals surface area contributed by atoms with Crippen LogP contribution in [0.1, 0.15) is 32.1 Å². The Morgan fingerprint density at radius 1 is 1.33 bits per heavy atom. The lowest BCUT2D eigenvalue weighted by Gasteiger charge is -2.32. The Kier molecular flexibility index (Phi) is 4.26. The monoisotopic (exact) mass is 292 g/mol. The first-order chi connectivity index (χ1) is 10.3. The summed E-state index contributed by atoms with van der Waals surface area (Å²) in [5, 5.41) is 34.5. The molecule has 2 atom stereocenters. The van der Waals surface area contributed by atoms with Crippen molar-refractivity contribution in [3.8, 4) is 0 Å². The van der Waals surface area contributed by atoms with Crippen LogP contribution >= 0.6 is 0 Å². The number of hydrogen-bond donors (Lipinski definition) is 3. The van der Waals surface area contributed by atoms with Crippen molar-refractivity contribution in [2.45, 2.75) is 44.2 Å². The highest BCUT2D eigenvalue weighted by atomic mass is 16.3. The van der Waals surface area contributed by atoms with E-state index in [1.165, 1.54) is 10.9 Å². The van der Waals surface area contributed by atoms with E-state index in [0.29, 0.717) is 11.5 Å². The number of nitrogens with zero attached hydrogens (tertiary/aromatic N) is 5. The highest BCUT2D eigenvalue weighted by Crippen LogP contribution is 2.28. The minimum absolute atomic E-state index is 0.165. The lowest BCUT2D eigenvalue weighted by molar-refractivity contribution is 0.0493. The van der Waals surface area contributed by atoms with Gasteiger partial charge in [-0.25, -0.2) is 4.98 Å². The molecular weight excluding hydrogens is 272 g/mol. The van der Waals surface area contributed by atoms with E-state index in [1.54, 1.807) is 12.4 Å². The van der Waals surface area contributed by atoms with E-state index >= 15 is 0 Å². The van der Waals surface area contributed by atoms with Gasteiger partial charge >= 0.3 is 0 Å². The maximum absolute atomic E-state index is 10.5. The highest BCUT2D eigenvalue weighted by Gasteiger charge is 2.29. The Morgan fingerprint density at radius 3 is 2.90 bits per heavy atom. The van der Waals surface area contributed by atoms with Gasteiger partial charge in [0, 0.05) is 6.20 Å². The molecule has 1 aliphatic rings. The largest absolute Gasteiger partial charge is 0.394 e. The van der Waals surface area contributed by atoms with Crippen molar-refractivity contribution in [1.82, 2.24) is 25.0 Å². The predicted molar refractivity (Wildman–Crippen MR) is 75.7 cm³/mol. The van der Waals surface area contributed by atoms with Gasteiger partial charge < -0.3 is 15.5 Å². The van der Waals surface area contributed by atoms with Crippen LogP contribution in [0, 0.1) is 5.92 Å². The molecule has 0 aromatic carbocycles. The molecule has 3 N–H and O–H groups in total. The first-order valence-electron chi connectivity index (χ1n) is 7.38. The molecule has 1 saturated carbocycles. The summed E-state index contributed by atoms with van der Waals surface area (Å²) < 4.78 is 1.50. The molecule has 1 aliphatic carbocycles. The second kappa shape index (κ2) is 6.31. The van der Waals surface area contributed by atoms with Crippen LogP contribution in [0.25, 0.3) is 5.65 Å². The zero-order chi connectivity index (χ0) is 14.7. The van der Waals surface area contributed by atoms with Crippen molar-refractivity contribution in [1.29, 1.82) is 0 Å². The van der Waals surface area contributed by atoms with Gasteiger partial charge in [-0.05, 0) is 29.2 Å². The van der Waals surface area contributed by atoms with Gasteiger partial charge in [0.2, 0.25) is 5.65 Å². The quantitative estimate of drug-likeness (QED) is 0.724. The number of aromatic nitrogens is 5. The number of aliphatic hydroxyl groups excluding tert-OH is 2. The lowest BCUT2D eigenvalue weighted by Crippen LogP contribution is -2.42. The van der Waals surface area contributed by atoms with Gasteiger partial charge in [-0.1, -0.05) is 19.3 Å². The van der Waals surface area contributed by atoms with Crippen molar-refractivity contribution >= 4 is 11.5 Å². The maximum Gasteiger partial charge on any atom is 0.221 e. The van der Waals surface area contributed by atoms with Gasteiger partial charge in [-0.2, -0.15) is 4.52 Å². The number of aliphatic hydroxyl groups is 2. The molecule has 0 bridgehead atoms. The van der Waals surface area contributed by atoms with E-state index in [-0.39, 0.29) is 12.5 Å². The Hall–Kier alpha value is -1.80. The van der Waals surface area contributed by atoms with Crippen LogP contribution < -0.4 is 5.32 Å². The Morgan fingerprint density at radius 2 is 2.14 bits per heavy atom. The number of hydrogen-bond acceptors (Lipinski definition) is 7. The summed E-state index contributed by atoms with van der Waals surface area (Å²) in [6.45, 7) is -0.165. The van der Waals surface area contributed by atoms with Gasteiger partial charge in [-0.3, -0.25) is 0 Å². The number of anilines is 1. The third kappa shape index (κ3) is 2.96. The van der Waals surface area contributed by atoms with Crippen molar-refractivity contribution in [2.75, 3.05) is 11.9 Å². The summed E-state index contributed by atoms with van der Waals surface area (Å²) in [5.41, 5.74) is 0.479. The standard InChI is InChI=1S/C13H20N6O2/c20-8-10(11(21)9-4-2-1-3-5-9)15-12-13-16-17-18-19(13)7-6-14-12/h6-7,9-11,20-21H,1-5,8H2,(H,14,15)/t10-,11-/m0/s1. The molecule has 0 spiro atoms. The van der Waals surface area contributed by atoms with Gasteiger partial charge in [0.15, 0.2) is 5.82 Å². The van der Waals surface area contributed by atoms with E-state index in [4.69, 9.17) is 0 Å². The number of tetrazole rings is 1. The molecule has 2 aromatic heterocycles. The molecule has 3 rings (SSSR count). The summed E-state index contributed by atoms with van der Waals surface area (Å²) in [5.74, 6) is 0.690. The summed E-state index contributed by atoms with van der Waals surface area (Å²) in [7, 11) is 0.